The standard InChI is InChI=1S/C22H32N4O3/c1-14(2)21-24-22(29-25-21)26-10-7-17(8-11-26)15(3)9-12-28-18-5-6-19(20(23)27)16(4)13-18/h5-6,13-15,17H,7-12H2,1-4H3,(H2,23,27)/t15-/m1/s1. The molecule has 1 amide bonds. The molecule has 0 aliphatic carbocycles. The van der Waals surface area contributed by atoms with Crippen LogP contribution in [-0.4, -0.2) is 35.7 Å². The molecule has 158 valence electrons. The van der Waals surface area contributed by atoms with E-state index in [1.165, 1.54) is 0 Å². The minimum Gasteiger partial charge on any atom is -0.494 e. The molecule has 0 saturated carbocycles. The van der Waals surface area contributed by atoms with Crippen LogP contribution in [0, 0.1) is 18.8 Å². The maximum atomic E-state index is 11.3. The van der Waals surface area contributed by atoms with Crippen LogP contribution in [0.5, 0.6) is 5.75 Å². The molecule has 2 aromatic rings. The number of nitrogens with two attached hydrogens (primary N) is 1. The Bertz CT molecular complexity index is 825. The number of hydrogen-bond acceptors (Lipinski definition) is 6. The van der Waals surface area contributed by atoms with Crippen molar-refractivity contribution in [2.24, 2.45) is 17.6 Å². The summed E-state index contributed by atoms with van der Waals surface area (Å²) < 4.78 is 11.3. The highest BCUT2D eigenvalue weighted by atomic mass is 16.5. The van der Waals surface area contributed by atoms with Gasteiger partial charge < -0.3 is 19.9 Å². The zero-order valence-electron chi connectivity index (χ0n) is 17.9. The molecule has 1 aromatic heterocycles. The third kappa shape index (κ3) is 5.28. The van der Waals surface area contributed by atoms with E-state index < -0.39 is 5.91 Å². The van der Waals surface area contributed by atoms with Crippen molar-refractivity contribution in [1.82, 2.24) is 10.1 Å². The number of primary amides is 1. The molecule has 2 heterocycles. The Morgan fingerprint density at radius 3 is 2.62 bits per heavy atom. The SMILES string of the molecule is Cc1cc(OCC[C@@H](C)C2CCN(c3nc(C(C)C)no3)CC2)ccc1C(N)=O. The lowest BCUT2D eigenvalue weighted by atomic mass is 9.84. The fraction of sp³-hybridized carbons (Fsp3) is 0.591. The van der Waals surface area contributed by atoms with Crippen molar-refractivity contribution in [3.63, 3.8) is 0 Å². The van der Waals surface area contributed by atoms with Crippen LogP contribution in [-0.2, 0) is 0 Å². The number of carbonyl (C=O) groups excluding carboxylic acids is 1. The first-order valence-corrected chi connectivity index (χ1v) is 10.5. The molecular weight excluding hydrogens is 368 g/mol. The number of aryl methyl sites for hydroxylation is 1. The van der Waals surface area contributed by atoms with Crippen LogP contribution in [0.1, 0.15) is 67.7 Å². The smallest absolute Gasteiger partial charge is 0.324 e. The van der Waals surface area contributed by atoms with Crippen LogP contribution < -0.4 is 15.4 Å². The van der Waals surface area contributed by atoms with E-state index in [4.69, 9.17) is 15.0 Å². The van der Waals surface area contributed by atoms with Crippen LogP contribution in [0.15, 0.2) is 22.7 Å². The summed E-state index contributed by atoms with van der Waals surface area (Å²) in [6.07, 6.45) is 3.24. The molecule has 0 bridgehead atoms. The molecule has 1 aliphatic rings. The fourth-order valence-corrected chi connectivity index (χ4v) is 3.85. The van der Waals surface area contributed by atoms with Gasteiger partial charge in [-0.2, -0.15) is 4.98 Å². The number of carbonyl (C=O) groups is 1. The van der Waals surface area contributed by atoms with Crippen LogP contribution >= 0.6 is 0 Å². The van der Waals surface area contributed by atoms with Gasteiger partial charge in [-0.15, -0.1) is 0 Å². The van der Waals surface area contributed by atoms with Gasteiger partial charge in [-0.1, -0.05) is 25.9 Å². The second-order valence-electron chi connectivity index (χ2n) is 8.37. The lowest BCUT2D eigenvalue weighted by Gasteiger charge is -2.33. The Morgan fingerprint density at radius 2 is 2.03 bits per heavy atom. The summed E-state index contributed by atoms with van der Waals surface area (Å²) >= 11 is 0. The Kier molecular flexibility index (Phi) is 6.77. The largest absolute Gasteiger partial charge is 0.494 e. The van der Waals surface area contributed by atoms with E-state index in [0.717, 1.165) is 49.5 Å². The van der Waals surface area contributed by atoms with Crippen LogP contribution in [0.3, 0.4) is 0 Å². The third-order valence-electron chi connectivity index (χ3n) is 5.87. The normalized spacial score (nSPS) is 16.2. The number of hydrogen-bond donors (Lipinski definition) is 1. The lowest BCUT2D eigenvalue weighted by Crippen LogP contribution is -2.36. The Morgan fingerprint density at radius 1 is 1.31 bits per heavy atom. The van der Waals surface area contributed by atoms with Gasteiger partial charge in [0.2, 0.25) is 5.91 Å². The van der Waals surface area contributed by atoms with Gasteiger partial charge in [-0.3, -0.25) is 4.79 Å². The maximum absolute atomic E-state index is 11.3. The molecule has 7 nitrogen and oxygen atoms in total. The quantitative estimate of drug-likeness (QED) is 0.722. The van der Waals surface area contributed by atoms with Crippen LogP contribution in [0.4, 0.5) is 6.01 Å². The Hall–Kier alpha value is -2.57. The van der Waals surface area contributed by atoms with Crippen molar-refractivity contribution in [1.29, 1.82) is 0 Å². The number of amides is 1. The summed E-state index contributed by atoms with van der Waals surface area (Å²) in [5.41, 5.74) is 6.74. The summed E-state index contributed by atoms with van der Waals surface area (Å²) in [7, 11) is 0. The van der Waals surface area contributed by atoms with E-state index in [9.17, 15) is 4.79 Å². The second-order valence-corrected chi connectivity index (χ2v) is 8.37. The average molecular weight is 401 g/mol. The van der Waals surface area contributed by atoms with Crippen molar-refractivity contribution in [3.8, 4) is 5.75 Å². The van der Waals surface area contributed by atoms with Gasteiger partial charge >= 0.3 is 6.01 Å². The van der Waals surface area contributed by atoms with Gasteiger partial charge in [0, 0.05) is 24.6 Å². The first kappa shape index (κ1) is 21.1. The number of ether oxygens (including phenoxy) is 1. The molecule has 1 aromatic carbocycles. The third-order valence-corrected chi connectivity index (χ3v) is 5.87. The van der Waals surface area contributed by atoms with E-state index in [1.54, 1.807) is 6.07 Å². The minimum absolute atomic E-state index is 0.279. The van der Waals surface area contributed by atoms with Crippen molar-refractivity contribution >= 4 is 11.9 Å². The van der Waals surface area contributed by atoms with Gasteiger partial charge in [-0.25, -0.2) is 0 Å². The molecule has 29 heavy (non-hydrogen) atoms. The average Bonchev–Trinajstić information content (AvgIpc) is 3.18. The van der Waals surface area contributed by atoms with Gasteiger partial charge in [0.1, 0.15) is 5.75 Å². The summed E-state index contributed by atoms with van der Waals surface area (Å²) in [6, 6.07) is 6.07. The number of benzene rings is 1. The monoisotopic (exact) mass is 400 g/mol. The van der Waals surface area contributed by atoms with Crippen LogP contribution in [0.2, 0.25) is 0 Å². The molecule has 7 heteroatoms. The molecular formula is C22H32N4O3. The highest BCUT2D eigenvalue weighted by Crippen LogP contribution is 2.30. The molecule has 1 aliphatic heterocycles. The molecule has 0 unspecified atom stereocenters. The molecule has 2 N–H and O–H groups in total. The molecule has 0 spiro atoms. The van der Waals surface area contributed by atoms with Gasteiger partial charge in [0.15, 0.2) is 5.82 Å². The molecule has 1 atom stereocenters. The van der Waals surface area contributed by atoms with Crippen LogP contribution in [0.25, 0.3) is 0 Å². The van der Waals surface area contributed by atoms with E-state index in [1.807, 2.05) is 19.1 Å². The van der Waals surface area contributed by atoms with Crippen molar-refractivity contribution < 1.29 is 14.1 Å². The zero-order valence-corrected chi connectivity index (χ0v) is 17.9. The topological polar surface area (TPSA) is 94.5 Å². The summed E-state index contributed by atoms with van der Waals surface area (Å²) in [5, 5.41) is 4.07. The van der Waals surface area contributed by atoms with E-state index >= 15 is 0 Å². The number of nitrogens with zero attached hydrogens (tertiary/aromatic N) is 3. The summed E-state index contributed by atoms with van der Waals surface area (Å²) in [4.78, 5) is 18.0. The highest BCUT2D eigenvalue weighted by molar-refractivity contribution is 5.94. The lowest BCUT2D eigenvalue weighted by molar-refractivity contribution is 0.0999. The van der Waals surface area contributed by atoms with Gasteiger partial charge in [-0.05, 0) is 61.8 Å². The molecule has 3 rings (SSSR count). The molecule has 1 fully saturated rings. The predicted octanol–water partition coefficient (Wildman–Crippen LogP) is 3.92. The Balaban J connectivity index is 1.43. The minimum atomic E-state index is -0.407. The van der Waals surface area contributed by atoms with Gasteiger partial charge in [0.05, 0.1) is 6.61 Å². The first-order chi connectivity index (χ1) is 13.8. The van der Waals surface area contributed by atoms with Crippen molar-refractivity contribution in [2.75, 3.05) is 24.6 Å². The number of anilines is 1. The van der Waals surface area contributed by atoms with E-state index in [-0.39, 0.29) is 5.92 Å². The molecule has 0 radical (unpaired) electrons. The molecule has 1 saturated heterocycles. The van der Waals surface area contributed by atoms with Gasteiger partial charge in [0.25, 0.3) is 0 Å². The first-order valence-electron chi connectivity index (χ1n) is 10.5. The second kappa shape index (κ2) is 9.29. The Labute approximate surface area is 172 Å². The van der Waals surface area contributed by atoms with E-state index in [2.05, 4.69) is 35.8 Å². The van der Waals surface area contributed by atoms with Crippen molar-refractivity contribution in [2.45, 2.75) is 52.9 Å². The van der Waals surface area contributed by atoms with Crippen molar-refractivity contribution in [3.05, 3.63) is 35.2 Å². The maximum Gasteiger partial charge on any atom is 0.324 e. The highest BCUT2D eigenvalue weighted by Gasteiger charge is 2.26. The predicted molar refractivity (Wildman–Crippen MR) is 112 cm³/mol. The number of piperidine rings is 1. The fourth-order valence-electron chi connectivity index (χ4n) is 3.85. The summed E-state index contributed by atoms with van der Waals surface area (Å²) in [6.45, 7) is 10.9. The number of rotatable bonds is 8. The van der Waals surface area contributed by atoms with E-state index in [0.29, 0.717) is 30.0 Å². The zero-order chi connectivity index (χ0) is 21.0. The number of aromatic nitrogens is 2. The summed E-state index contributed by atoms with van der Waals surface area (Å²) in [5.74, 6) is 2.67.